The predicted molar refractivity (Wildman–Crippen MR) is 111 cm³/mol. The molecular weight excluding hydrogens is 408 g/mol. The molecule has 8 heteroatoms. The standard InChI is InChI=1S/C22H15ClN2O5/c1-12-3-2-4-14(9-12)25-21(27)17(20(26)24-25)11-15-6-8-19(30-15)13-5-7-18(23)16(10-13)22(28)29/h2-11H,1H3,(H,24,26)(H,28,29)/b17-11-. The van der Waals surface area contributed by atoms with Gasteiger partial charge >= 0.3 is 5.97 Å². The lowest BCUT2D eigenvalue weighted by molar-refractivity contribution is -0.117. The highest BCUT2D eigenvalue weighted by molar-refractivity contribution is 6.33. The van der Waals surface area contributed by atoms with Gasteiger partial charge in [0.15, 0.2) is 0 Å². The number of nitrogens with one attached hydrogen (secondary N) is 1. The third-order valence-electron chi connectivity index (χ3n) is 4.55. The number of halogens is 1. The molecule has 0 aliphatic carbocycles. The summed E-state index contributed by atoms with van der Waals surface area (Å²) in [5.74, 6) is -1.54. The fourth-order valence-corrected chi connectivity index (χ4v) is 3.27. The van der Waals surface area contributed by atoms with E-state index in [0.29, 0.717) is 17.0 Å². The van der Waals surface area contributed by atoms with E-state index in [4.69, 9.17) is 16.0 Å². The van der Waals surface area contributed by atoms with Crippen molar-refractivity contribution in [2.45, 2.75) is 6.92 Å². The molecule has 1 fully saturated rings. The summed E-state index contributed by atoms with van der Waals surface area (Å²) in [5, 5.41) is 10.5. The molecule has 1 aliphatic rings. The van der Waals surface area contributed by atoms with Gasteiger partial charge in [0.2, 0.25) is 0 Å². The molecule has 1 aromatic heterocycles. The summed E-state index contributed by atoms with van der Waals surface area (Å²) in [6.45, 7) is 1.89. The Morgan fingerprint density at radius 3 is 2.67 bits per heavy atom. The van der Waals surface area contributed by atoms with Crippen molar-refractivity contribution >= 4 is 41.1 Å². The largest absolute Gasteiger partial charge is 0.478 e. The molecule has 1 aliphatic heterocycles. The van der Waals surface area contributed by atoms with Crippen LogP contribution in [0.2, 0.25) is 5.02 Å². The number of carbonyl (C=O) groups is 3. The number of carboxylic acids is 1. The molecule has 0 radical (unpaired) electrons. The zero-order valence-electron chi connectivity index (χ0n) is 15.7. The Morgan fingerprint density at radius 1 is 1.13 bits per heavy atom. The third-order valence-corrected chi connectivity index (χ3v) is 4.88. The Hall–Kier alpha value is -3.84. The molecule has 0 unspecified atom stereocenters. The van der Waals surface area contributed by atoms with Crippen molar-refractivity contribution in [1.29, 1.82) is 0 Å². The molecule has 0 spiro atoms. The van der Waals surface area contributed by atoms with E-state index in [-0.39, 0.29) is 21.9 Å². The highest BCUT2D eigenvalue weighted by atomic mass is 35.5. The molecule has 7 nitrogen and oxygen atoms in total. The molecule has 2 N–H and O–H groups in total. The fraction of sp³-hybridized carbons (Fsp3) is 0.0455. The average Bonchev–Trinajstić information content (AvgIpc) is 3.28. The smallest absolute Gasteiger partial charge is 0.337 e. The Bertz CT molecular complexity index is 1230. The van der Waals surface area contributed by atoms with E-state index < -0.39 is 17.8 Å². The van der Waals surface area contributed by atoms with Gasteiger partial charge in [0.1, 0.15) is 17.1 Å². The van der Waals surface area contributed by atoms with Gasteiger partial charge in [-0.15, -0.1) is 0 Å². The molecule has 2 heterocycles. The summed E-state index contributed by atoms with van der Waals surface area (Å²) in [4.78, 5) is 36.3. The van der Waals surface area contributed by atoms with E-state index in [2.05, 4.69) is 5.43 Å². The zero-order chi connectivity index (χ0) is 21.4. The van der Waals surface area contributed by atoms with E-state index >= 15 is 0 Å². The molecule has 150 valence electrons. The first kappa shape index (κ1) is 19.5. The van der Waals surface area contributed by atoms with E-state index in [9.17, 15) is 19.5 Å². The van der Waals surface area contributed by atoms with Crippen molar-refractivity contribution in [3.63, 3.8) is 0 Å². The van der Waals surface area contributed by atoms with Gasteiger partial charge in [-0.25, -0.2) is 9.80 Å². The van der Waals surface area contributed by atoms with E-state index in [1.54, 1.807) is 36.4 Å². The van der Waals surface area contributed by atoms with Crippen LogP contribution in [0.25, 0.3) is 17.4 Å². The molecule has 2 aromatic carbocycles. The first-order valence-electron chi connectivity index (χ1n) is 8.90. The summed E-state index contributed by atoms with van der Waals surface area (Å²) in [6.07, 6.45) is 1.35. The van der Waals surface area contributed by atoms with Crippen LogP contribution in [0.1, 0.15) is 21.7 Å². The van der Waals surface area contributed by atoms with Crippen LogP contribution in [0.5, 0.6) is 0 Å². The average molecular weight is 423 g/mol. The molecule has 1 saturated heterocycles. The molecule has 3 aromatic rings. The summed E-state index contributed by atoms with van der Waals surface area (Å²) in [6, 6.07) is 14.9. The highest BCUT2D eigenvalue weighted by Gasteiger charge is 2.34. The number of hydrogen-bond donors (Lipinski definition) is 2. The minimum Gasteiger partial charge on any atom is -0.478 e. The molecule has 0 bridgehead atoms. The minimum absolute atomic E-state index is 0.0513. The Labute approximate surface area is 176 Å². The summed E-state index contributed by atoms with van der Waals surface area (Å²) in [7, 11) is 0. The van der Waals surface area contributed by atoms with Crippen molar-refractivity contribution in [2.24, 2.45) is 0 Å². The maximum atomic E-state index is 12.7. The lowest BCUT2D eigenvalue weighted by Gasteiger charge is -2.14. The maximum Gasteiger partial charge on any atom is 0.337 e. The lowest BCUT2D eigenvalue weighted by Crippen LogP contribution is -2.35. The molecule has 0 saturated carbocycles. The SMILES string of the molecule is Cc1cccc(N2NC(=O)/C(=C/c3ccc(-c4ccc(Cl)c(C(=O)O)c4)o3)C2=O)c1. The number of hydrogen-bond acceptors (Lipinski definition) is 4. The number of carbonyl (C=O) groups excluding carboxylic acids is 2. The second kappa shape index (κ2) is 7.53. The Balaban J connectivity index is 1.63. The number of hydrazine groups is 1. The van der Waals surface area contributed by atoms with Crippen LogP contribution >= 0.6 is 11.6 Å². The number of amides is 2. The second-order valence-electron chi connectivity index (χ2n) is 6.68. The van der Waals surface area contributed by atoms with Gasteiger partial charge < -0.3 is 9.52 Å². The van der Waals surface area contributed by atoms with Crippen LogP contribution in [0.3, 0.4) is 0 Å². The second-order valence-corrected chi connectivity index (χ2v) is 7.09. The van der Waals surface area contributed by atoms with Crippen LogP contribution in [0.15, 0.2) is 64.6 Å². The van der Waals surface area contributed by atoms with Gasteiger partial charge in [-0.05, 0) is 61.0 Å². The molecular formula is C22H15ClN2O5. The third kappa shape index (κ3) is 3.58. The number of aromatic carboxylic acids is 1. The van der Waals surface area contributed by atoms with E-state index in [1.807, 2.05) is 13.0 Å². The predicted octanol–water partition coefficient (Wildman–Crippen LogP) is 4.07. The van der Waals surface area contributed by atoms with Crippen LogP contribution < -0.4 is 10.4 Å². The van der Waals surface area contributed by atoms with E-state index in [1.165, 1.54) is 23.2 Å². The van der Waals surface area contributed by atoms with Gasteiger partial charge in [0, 0.05) is 5.56 Å². The Morgan fingerprint density at radius 2 is 1.93 bits per heavy atom. The van der Waals surface area contributed by atoms with E-state index in [0.717, 1.165) is 5.56 Å². The van der Waals surface area contributed by atoms with Crippen LogP contribution in [-0.2, 0) is 9.59 Å². The number of anilines is 1. The molecule has 0 atom stereocenters. The summed E-state index contributed by atoms with van der Waals surface area (Å²) in [5.41, 5.74) is 4.43. The van der Waals surface area contributed by atoms with Crippen LogP contribution in [0, 0.1) is 6.92 Å². The first-order chi connectivity index (χ1) is 14.3. The number of aryl methyl sites for hydroxylation is 1. The molecule has 30 heavy (non-hydrogen) atoms. The van der Waals surface area contributed by atoms with Gasteiger partial charge in [-0.2, -0.15) is 0 Å². The van der Waals surface area contributed by atoms with Crippen molar-refractivity contribution in [1.82, 2.24) is 5.43 Å². The number of carboxylic acid groups (broad SMARTS) is 1. The first-order valence-corrected chi connectivity index (χ1v) is 9.28. The number of benzene rings is 2. The number of rotatable bonds is 4. The van der Waals surface area contributed by atoms with Crippen molar-refractivity contribution in [3.8, 4) is 11.3 Å². The maximum absolute atomic E-state index is 12.7. The van der Waals surface area contributed by atoms with Crippen LogP contribution in [0.4, 0.5) is 5.69 Å². The minimum atomic E-state index is -1.15. The number of furan rings is 1. The summed E-state index contributed by atoms with van der Waals surface area (Å²) < 4.78 is 5.70. The molecule has 2 amide bonds. The van der Waals surface area contributed by atoms with Crippen molar-refractivity contribution in [3.05, 3.63) is 82.1 Å². The lowest BCUT2D eigenvalue weighted by atomic mass is 10.1. The highest BCUT2D eigenvalue weighted by Crippen LogP contribution is 2.28. The van der Waals surface area contributed by atoms with Gasteiger partial charge in [-0.3, -0.25) is 15.0 Å². The normalized spacial score (nSPS) is 15.0. The van der Waals surface area contributed by atoms with Gasteiger partial charge in [0.25, 0.3) is 11.8 Å². The summed E-state index contributed by atoms with van der Waals surface area (Å²) >= 11 is 5.90. The zero-order valence-corrected chi connectivity index (χ0v) is 16.4. The fourth-order valence-electron chi connectivity index (χ4n) is 3.08. The van der Waals surface area contributed by atoms with Crippen molar-refractivity contribution < 1.29 is 23.9 Å². The van der Waals surface area contributed by atoms with Crippen LogP contribution in [-0.4, -0.2) is 22.9 Å². The quantitative estimate of drug-likeness (QED) is 0.487. The Kier molecular flexibility index (Phi) is 4.89. The monoisotopic (exact) mass is 422 g/mol. The number of nitrogens with zero attached hydrogens (tertiary/aromatic N) is 1. The topological polar surface area (TPSA) is 99.8 Å². The van der Waals surface area contributed by atoms with Gasteiger partial charge in [-0.1, -0.05) is 23.7 Å². The van der Waals surface area contributed by atoms with Crippen molar-refractivity contribution in [2.75, 3.05) is 5.01 Å². The molecule has 4 rings (SSSR count). The van der Waals surface area contributed by atoms with Gasteiger partial charge in [0.05, 0.1) is 16.3 Å².